The lowest BCUT2D eigenvalue weighted by Crippen LogP contribution is -2.25. The molecule has 0 amide bonds. The molecule has 1 aliphatic carbocycles. The summed E-state index contributed by atoms with van der Waals surface area (Å²) in [5.74, 6) is 1.54. The summed E-state index contributed by atoms with van der Waals surface area (Å²) in [5.41, 5.74) is 7.87. The summed E-state index contributed by atoms with van der Waals surface area (Å²) in [6, 6.07) is 6.15. The molecule has 2 atom stereocenters. The molecule has 0 aliphatic heterocycles. The molecule has 106 valence electrons. The average Bonchev–Trinajstić information content (AvgIpc) is 2.46. The molecule has 1 aliphatic rings. The summed E-state index contributed by atoms with van der Waals surface area (Å²) in [6.07, 6.45) is 5.54. The molecule has 2 unspecified atom stereocenters. The largest absolute Gasteiger partial charge is 0.496 e. The van der Waals surface area contributed by atoms with Crippen LogP contribution in [0.3, 0.4) is 0 Å². The van der Waals surface area contributed by atoms with E-state index in [0.717, 1.165) is 16.9 Å². The van der Waals surface area contributed by atoms with E-state index in [1.807, 2.05) is 12.1 Å². The second-order valence-corrected chi connectivity index (χ2v) is 5.46. The zero-order chi connectivity index (χ0) is 13.7. The van der Waals surface area contributed by atoms with Crippen LogP contribution in [0.2, 0.25) is 0 Å². The van der Waals surface area contributed by atoms with E-state index in [0.29, 0.717) is 25.2 Å². The van der Waals surface area contributed by atoms with E-state index < -0.39 is 0 Å². The smallest absolute Gasteiger partial charge is 0.123 e. The molecule has 1 aromatic rings. The molecule has 1 fully saturated rings. The zero-order valence-corrected chi connectivity index (χ0v) is 12.0. The molecule has 3 nitrogen and oxygen atoms in total. The molecule has 0 spiro atoms. The van der Waals surface area contributed by atoms with Gasteiger partial charge in [0.1, 0.15) is 5.75 Å². The summed E-state index contributed by atoms with van der Waals surface area (Å²) < 4.78 is 11.4. The van der Waals surface area contributed by atoms with Crippen LogP contribution in [0.1, 0.15) is 43.7 Å². The van der Waals surface area contributed by atoms with Gasteiger partial charge in [-0.05, 0) is 30.4 Å². The van der Waals surface area contributed by atoms with Gasteiger partial charge in [0.25, 0.3) is 0 Å². The fraction of sp³-hybridized carbons (Fsp3) is 0.625. The Hall–Kier alpha value is -1.06. The third-order valence-electron chi connectivity index (χ3n) is 4.07. The van der Waals surface area contributed by atoms with Crippen molar-refractivity contribution in [3.05, 3.63) is 29.3 Å². The number of hydrogen-bond acceptors (Lipinski definition) is 3. The number of hydrogen-bond donors (Lipinski definition) is 1. The van der Waals surface area contributed by atoms with E-state index in [1.54, 1.807) is 7.11 Å². The Bertz CT molecular complexity index is 406. The summed E-state index contributed by atoms with van der Waals surface area (Å²) >= 11 is 0. The van der Waals surface area contributed by atoms with Gasteiger partial charge in [-0.1, -0.05) is 31.9 Å². The minimum Gasteiger partial charge on any atom is -0.496 e. The predicted octanol–water partition coefficient (Wildman–Crippen LogP) is 3.25. The van der Waals surface area contributed by atoms with Gasteiger partial charge in [0.15, 0.2) is 0 Å². The Morgan fingerprint density at radius 1 is 1.26 bits per heavy atom. The van der Waals surface area contributed by atoms with Crippen molar-refractivity contribution < 1.29 is 9.47 Å². The van der Waals surface area contributed by atoms with Gasteiger partial charge in [-0.15, -0.1) is 0 Å². The molecule has 3 heteroatoms. The minimum atomic E-state index is 0.411. The molecule has 19 heavy (non-hydrogen) atoms. The SMILES string of the molecule is COc1cc(COC2CCCCC2C)ccc1CN. The van der Waals surface area contributed by atoms with E-state index in [4.69, 9.17) is 15.2 Å². The normalized spacial score (nSPS) is 23.3. The standard InChI is InChI=1S/C16H25NO2/c1-12-5-3-4-6-15(12)19-11-13-7-8-14(10-17)16(9-13)18-2/h7-9,12,15H,3-6,10-11,17H2,1-2H3. The summed E-state index contributed by atoms with van der Waals surface area (Å²) in [5, 5.41) is 0. The van der Waals surface area contributed by atoms with Crippen molar-refractivity contribution in [2.45, 2.75) is 51.9 Å². The molecule has 0 aromatic heterocycles. The van der Waals surface area contributed by atoms with Crippen LogP contribution in [-0.4, -0.2) is 13.2 Å². The molecular formula is C16H25NO2. The third-order valence-corrected chi connectivity index (χ3v) is 4.07. The predicted molar refractivity (Wildman–Crippen MR) is 77.1 cm³/mol. The van der Waals surface area contributed by atoms with Crippen molar-refractivity contribution in [3.63, 3.8) is 0 Å². The van der Waals surface area contributed by atoms with Crippen LogP contribution in [0.5, 0.6) is 5.75 Å². The van der Waals surface area contributed by atoms with Crippen molar-refractivity contribution >= 4 is 0 Å². The van der Waals surface area contributed by atoms with Gasteiger partial charge in [0.2, 0.25) is 0 Å². The lowest BCUT2D eigenvalue weighted by Gasteiger charge is -2.28. The van der Waals surface area contributed by atoms with Gasteiger partial charge in [0.05, 0.1) is 19.8 Å². The summed E-state index contributed by atoms with van der Waals surface area (Å²) in [6.45, 7) is 3.46. The van der Waals surface area contributed by atoms with Crippen LogP contribution in [0.15, 0.2) is 18.2 Å². The molecule has 0 heterocycles. The van der Waals surface area contributed by atoms with Crippen LogP contribution in [0.4, 0.5) is 0 Å². The first-order valence-corrected chi connectivity index (χ1v) is 7.22. The first kappa shape index (κ1) is 14.4. The van der Waals surface area contributed by atoms with Gasteiger partial charge in [-0.2, -0.15) is 0 Å². The average molecular weight is 263 g/mol. The minimum absolute atomic E-state index is 0.411. The lowest BCUT2D eigenvalue weighted by atomic mass is 9.88. The Kier molecular flexibility index (Phi) is 5.23. The number of benzene rings is 1. The Morgan fingerprint density at radius 3 is 2.74 bits per heavy atom. The highest BCUT2D eigenvalue weighted by Gasteiger charge is 2.21. The van der Waals surface area contributed by atoms with Crippen LogP contribution in [0.25, 0.3) is 0 Å². The highest BCUT2D eigenvalue weighted by molar-refractivity contribution is 5.37. The van der Waals surface area contributed by atoms with Crippen molar-refractivity contribution in [3.8, 4) is 5.75 Å². The summed E-state index contributed by atoms with van der Waals surface area (Å²) in [7, 11) is 1.68. The second kappa shape index (κ2) is 6.92. The van der Waals surface area contributed by atoms with Crippen LogP contribution in [-0.2, 0) is 17.9 Å². The first-order valence-electron chi connectivity index (χ1n) is 7.22. The van der Waals surface area contributed by atoms with E-state index in [9.17, 15) is 0 Å². The number of ether oxygens (including phenoxy) is 2. The third kappa shape index (κ3) is 3.71. The van der Waals surface area contributed by atoms with E-state index in [1.165, 1.54) is 25.7 Å². The molecule has 0 radical (unpaired) electrons. The first-order chi connectivity index (χ1) is 9.24. The lowest BCUT2D eigenvalue weighted by molar-refractivity contribution is -0.0155. The van der Waals surface area contributed by atoms with Gasteiger partial charge in [0, 0.05) is 12.1 Å². The maximum atomic E-state index is 6.07. The maximum Gasteiger partial charge on any atom is 0.123 e. The quantitative estimate of drug-likeness (QED) is 0.887. The second-order valence-electron chi connectivity index (χ2n) is 5.46. The van der Waals surface area contributed by atoms with Crippen molar-refractivity contribution in [2.24, 2.45) is 11.7 Å². The monoisotopic (exact) mass is 263 g/mol. The molecule has 2 N–H and O–H groups in total. The van der Waals surface area contributed by atoms with Crippen molar-refractivity contribution in [2.75, 3.05) is 7.11 Å². The molecule has 0 saturated heterocycles. The van der Waals surface area contributed by atoms with Gasteiger partial charge >= 0.3 is 0 Å². The highest BCUT2D eigenvalue weighted by atomic mass is 16.5. The van der Waals surface area contributed by atoms with Crippen LogP contribution in [0, 0.1) is 5.92 Å². The zero-order valence-electron chi connectivity index (χ0n) is 12.0. The number of rotatable bonds is 5. The fourth-order valence-electron chi connectivity index (χ4n) is 2.78. The molecule has 1 aromatic carbocycles. The Morgan fingerprint density at radius 2 is 2.05 bits per heavy atom. The van der Waals surface area contributed by atoms with Gasteiger partial charge < -0.3 is 15.2 Å². The van der Waals surface area contributed by atoms with Gasteiger partial charge in [-0.3, -0.25) is 0 Å². The van der Waals surface area contributed by atoms with Crippen LogP contribution < -0.4 is 10.5 Å². The molecule has 2 rings (SSSR count). The van der Waals surface area contributed by atoms with Crippen molar-refractivity contribution in [1.82, 2.24) is 0 Å². The number of nitrogens with two attached hydrogens (primary N) is 1. The Labute approximate surface area is 116 Å². The van der Waals surface area contributed by atoms with E-state index in [2.05, 4.69) is 13.0 Å². The van der Waals surface area contributed by atoms with Gasteiger partial charge in [-0.25, -0.2) is 0 Å². The molecule has 1 saturated carbocycles. The molecular weight excluding hydrogens is 238 g/mol. The van der Waals surface area contributed by atoms with E-state index >= 15 is 0 Å². The van der Waals surface area contributed by atoms with Crippen LogP contribution >= 0.6 is 0 Å². The number of methoxy groups -OCH3 is 1. The Balaban J connectivity index is 1.95. The summed E-state index contributed by atoms with van der Waals surface area (Å²) in [4.78, 5) is 0. The molecule has 0 bridgehead atoms. The highest BCUT2D eigenvalue weighted by Crippen LogP contribution is 2.27. The van der Waals surface area contributed by atoms with Crippen molar-refractivity contribution in [1.29, 1.82) is 0 Å². The maximum absolute atomic E-state index is 6.07. The fourth-order valence-corrected chi connectivity index (χ4v) is 2.78. The topological polar surface area (TPSA) is 44.5 Å². The van der Waals surface area contributed by atoms with E-state index in [-0.39, 0.29) is 0 Å².